The Morgan fingerprint density at radius 3 is 3.00 bits per heavy atom. The number of hydrogen-bond acceptors (Lipinski definition) is 7. The summed E-state index contributed by atoms with van der Waals surface area (Å²) in [5.74, 6) is 0. The monoisotopic (exact) mass is 307 g/mol. The van der Waals surface area contributed by atoms with E-state index in [1.54, 1.807) is 6.92 Å². The largest absolute Gasteiger partial charge is 0.393 e. The number of ether oxygens (including phenoxy) is 1. The van der Waals surface area contributed by atoms with E-state index in [0.29, 0.717) is 11.3 Å². The van der Waals surface area contributed by atoms with E-state index in [1.807, 2.05) is 0 Å². The first kappa shape index (κ1) is 13.4. The fraction of sp³-hybridized carbons (Fsp3) is 0.500. The van der Waals surface area contributed by atoms with Crippen LogP contribution in [0.15, 0.2) is 22.0 Å². The van der Waals surface area contributed by atoms with Crippen LogP contribution in [0.1, 0.15) is 23.5 Å². The molecule has 10 heteroatoms. The van der Waals surface area contributed by atoms with Crippen LogP contribution in [0.25, 0.3) is 0 Å². The number of aliphatic hydroxyl groups excluding tert-OH is 2. The maximum absolute atomic E-state index is 12.0. The van der Waals surface area contributed by atoms with Crippen molar-refractivity contribution >= 4 is 0 Å². The Labute approximate surface area is 122 Å². The first-order valence-corrected chi connectivity index (χ1v) is 6.69. The molecule has 2 aromatic rings. The van der Waals surface area contributed by atoms with Crippen molar-refractivity contribution in [2.45, 2.75) is 30.9 Å². The molecule has 0 saturated carbocycles. The SMILES string of the molecule is Cc1cn([C@@H]2O[C@@]3(CO)c4cnnn4[C@H]2C3O)c(=O)[nH]c1=O. The summed E-state index contributed by atoms with van der Waals surface area (Å²) in [4.78, 5) is 25.7. The van der Waals surface area contributed by atoms with Gasteiger partial charge in [-0.15, -0.1) is 5.10 Å². The third-order valence-electron chi connectivity index (χ3n) is 4.37. The molecular formula is C12H13N5O5. The van der Waals surface area contributed by atoms with Gasteiger partial charge in [-0.1, -0.05) is 5.21 Å². The van der Waals surface area contributed by atoms with Gasteiger partial charge in [0.05, 0.1) is 18.5 Å². The van der Waals surface area contributed by atoms with Crippen LogP contribution in [-0.4, -0.2) is 47.5 Å². The smallest absolute Gasteiger partial charge is 0.330 e. The van der Waals surface area contributed by atoms with Gasteiger partial charge in [0.25, 0.3) is 5.56 Å². The number of nitrogens with zero attached hydrogens (tertiary/aromatic N) is 4. The Morgan fingerprint density at radius 1 is 1.50 bits per heavy atom. The molecule has 116 valence electrons. The maximum Gasteiger partial charge on any atom is 0.330 e. The van der Waals surface area contributed by atoms with Gasteiger partial charge in [0.1, 0.15) is 12.1 Å². The van der Waals surface area contributed by atoms with Crippen molar-refractivity contribution in [1.82, 2.24) is 24.5 Å². The third-order valence-corrected chi connectivity index (χ3v) is 4.37. The highest BCUT2D eigenvalue weighted by Crippen LogP contribution is 2.54. The number of hydrogen-bond donors (Lipinski definition) is 3. The number of nitrogens with one attached hydrogen (secondary N) is 1. The molecule has 0 aromatic carbocycles. The van der Waals surface area contributed by atoms with E-state index in [-0.39, 0.29) is 0 Å². The lowest BCUT2D eigenvalue weighted by Crippen LogP contribution is -2.40. The Bertz CT molecular complexity index is 869. The lowest BCUT2D eigenvalue weighted by atomic mass is 9.97. The van der Waals surface area contributed by atoms with Crippen LogP contribution in [0.4, 0.5) is 0 Å². The summed E-state index contributed by atoms with van der Waals surface area (Å²) >= 11 is 0. The predicted octanol–water partition coefficient (Wildman–Crippen LogP) is -2.23. The van der Waals surface area contributed by atoms with Gasteiger partial charge in [-0.05, 0) is 6.92 Å². The average molecular weight is 307 g/mol. The van der Waals surface area contributed by atoms with E-state index in [9.17, 15) is 19.8 Å². The van der Waals surface area contributed by atoms with Crippen LogP contribution in [0.2, 0.25) is 0 Å². The van der Waals surface area contributed by atoms with E-state index in [4.69, 9.17) is 4.74 Å². The lowest BCUT2D eigenvalue weighted by Gasteiger charge is -2.29. The Balaban J connectivity index is 1.90. The molecule has 2 bridgehead atoms. The molecule has 0 radical (unpaired) electrons. The van der Waals surface area contributed by atoms with Crippen LogP contribution in [0.3, 0.4) is 0 Å². The summed E-state index contributed by atoms with van der Waals surface area (Å²) in [7, 11) is 0. The van der Waals surface area contributed by atoms with E-state index in [2.05, 4.69) is 15.3 Å². The van der Waals surface area contributed by atoms with Crippen molar-refractivity contribution < 1.29 is 14.9 Å². The molecule has 1 unspecified atom stereocenters. The average Bonchev–Trinajstić information content (AvgIpc) is 3.12. The third kappa shape index (κ3) is 1.39. The van der Waals surface area contributed by atoms with Crippen LogP contribution < -0.4 is 11.2 Å². The molecule has 2 aromatic heterocycles. The van der Waals surface area contributed by atoms with Crippen molar-refractivity contribution in [2.24, 2.45) is 0 Å². The molecule has 2 aliphatic heterocycles. The first-order valence-electron chi connectivity index (χ1n) is 6.69. The molecule has 22 heavy (non-hydrogen) atoms. The van der Waals surface area contributed by atoms with Crippen LogP contribution in [0.5, 0.6) is 0 Å². The van der Waals surface area contributed by atoms with Gasteiger partial charge in [-0.3, -0.25) is 14.3 Å². The lowest BCUT2D eigenvalue weighted by molar-refractivity contribution is -0.143. The highest BCUT2D eigenvalue weighted by Gasteiger charge is 2.65. The molecule has 4 rings (SSSR count). The highest BCUT2D eigenvalue weighted by molar-refractivity contribution is 5.25. The summed E-state index contributed by atoms with van der Waals surface area (Å²) in [6, 6.07) is -0.715. The molecule has 4 heterocycles. The van der Waals surface area contributed by atoms with Gasteiger partial charge in [-0.2, -0.15) is 0 Å². The fourth-order valence-corrected chi connectivity index (χ4v) is 3.23. The number of H-pyrrole nitrogens is 1. The van der Waals surface area contributed by atoms with E-state index in [1.165, 1.54) is 21.6 Å². The second-order valence-corrected chi connectivity index (χ2v) is 5.53. The zero-order chi connectivity index (χ0) is 15.6. The van der Waals surface area contributed by atoms with Gasteiger partial charge in [-0.25, -0.2) is 9.48 Å². The van der Waals surface area contributed by atoms with Crippen molar-refractivity contribution in [3.8, 4) is 0 Å². The zero-order valence-corrected chi connectivity index (χ0v) is 11.5. The van der Waals surface area contributed by atoms with Crippen molar-refractivity contribution in [3.63, 3.8) is 0 Å². The standard InChI is InChI=1S/C12H13N5O5/c1-5-3-16(11(21)14-9(5)20)10-7-8(19)12(4-18,22-10)6-2-13-15-17(6)7/h2-3,7-8,10,18-19H,4H2,1H3,(H,14,20,21)/t7-,8?,10+,12-/m0/s1. The Morgan fingerprint density at radius 2 is 2.27 bits per heavy atom. The Kier molecular flexibility index (Phi) is 2.50. The van der Waals surface area contributed by atoms with Crippen LogP contribution in [0, 0.1) is 6.92 Å². The predicted molar refractivity (Wildman–Crippen MR) is 70.0 cm³/mol. The van der Waals surface area contributed by atoms with Crippen molar-refractivity contribution in [2.75, 3.05) is 6.61 Å². The maximum atomic E-state index is 12.0. The van der Waals surface area contributed by atoms with Crippen LogP contribution in [-0.2, 0) is 10.3 Å². The molecule has 1 saturated heterocycles. The molecule has 1 fully saturated rings. The van der Waals surface area contributed by atoms with Gasteiger partial charge in [0, 0.05) is 11.8 Å². The number of aryl methyl sites for hydroxylation is 1. The summed E-state index contributed by atoms with van der Waals surface area (Å²) in [6.07, 6.45) is 0.795. The normalized spacial score (nSPS) is 32.4. The summed E-state index contributed by atoms with van der Waals surface area (Å²) in [5, 5.41) is 27.8. The summed E-state index contributed by atoms with van der Waals surface area (Å²) in [5.41, 5.74) is -1.73. The minimum Gasteiger partial charge on any atom is -0.393 e. The second kappa shape index (κ2) is 4.12. The molecule has 0 aliphatic carbocycles. The van der Waals surface area contributed by atoms with E-state index in [0.717, 1.165) is 0 Å². The number of aromatic nitrogens is 5. The Hall–Kier alpha value is -2.30. The fourth-order valence-electron chi connectivity index (χ4n) is 3.23. The van der Waals surface area contributed by atoms with Gasteiger partial charge in [0.2, 0.25) is 0 Å². The minimum atomic E-state index is -1.37. The number of aliphatic hydroxyl groups is 2. The number of aromatic amines is 1. The van der Waals surface area contributed by atoms with Crippen molar-refractivity contribution in [1.29, 1.82) is 0 Å². The van der Waals surface area contributed by atoms with Gasteiger partial charge in [0.15, 0.2) is 11.8 Å². The van der Waals surface area contributed by atoms with E-state index < -0.39 is 41.8 Å². The highest BCUT2D eigenvalue weighted by atomic mass is 16.6. The molecule has 10 nitrogen and oxygen atoms in total. The minimum absolute atomic E-state index is 0.331. The first-order chi connectivity index (χ1) is 10.5. The van der Waals surface area contributed by atoms with E-state index >= 15 is 0 Å². The van der Waals surface area contributed by atoms with Crippen LogP contribution >= 0.6 is 0 Å². The van der Waals surface area contributed by atoms with Gasteiger partial charge >= 0.3 is 5.69 Å². The van der Waals surface area contributed by atoms with Crippen molar-refractivity contribution in [3.05, 3.63) is 44.5 Å². The quantitative estimate of drug-likeness (QED) is 0.571. The van der Waals surface area contributed by atoms with Gasteiger partial charge < -0.3 is 14.9 Å². The molecule has 0 spiro atoms. The second-order valence-electron chi connectivity index (χ2n) is 5.53. The molecular weight excluding hydrogens is 294 g/mol. The zero-order valence-electron chi connectivity index (χ0n) is 11.5. The molecule has 0 amide bonds. The molecule has 4 atom stereocenters. The number of fused-ring (bicyclic) bond motifs is 5. The topological polar surface area (TPSA) is 135 Å². The summed E-state index contributed by atoms with van der Waals surface area (Å²) in [6.45, 7) is 1.08. The molecule has 3 N–H and O–H groups in total. The number of rotatable bonds is 2. The summed E-state index contributed by atoms with van der Waals surface area (Å²) < 4.78 is 8.43. The molecule has 2 aliphatic rings.